The fraction of sp³-hybridized carbons (Fsp3) is 0.517. The van der Waals surface area contributed by atoms with Crippen molar-refractivity contribution in [3.05, 3.63) is 53.6 Å². The summed E-state index contributed by atoms with van der Waals surface area (Å²) in [5.74, 6) is 0.272. The van der Waals surface area contributed by atoms with Crippen LogP contribution in [0.1, 0.15) is 62.1 Å². The van der Waals surface area contributed by atoms with E-state index in [0.29, 0.717) is 17.6 Å². The second-order valence-corrected chi connectivity index (χ2v) is 10.6. The smallest absolute Gasteiger partial charge is 0.411 e. The van der Waals surface area contributed by atoms with Crippen LogP contribution in [-0.4, -0.2) is 44.5 Å². The Kier molecular flexibility index (Phi) is 6.22. The van der Waals surface area contributed by atoms with Gasteiger partial charge in [0.1, 0.15) is 6.10 Å². The molecule has 2 aliphatic carbocycles. The average molecular weight is 487 g/mol. The summed E-state index contributed by atoms with van der Waals surface area (Å²) in [4.78, 5) is 17.2. The Hall–Kier alpha value is -3.24. The van der Waals surface area contributed by atoms with E-state index in [4.69, 9.17) is 9.47 Å². The fourth-order valence-electron chi connectivity index (χ4n) is 5.84. The van der Waals surface area contributed by atoms with E-state index in [1.54, 1.807) is 0 Å². The van der Waals surface area contributed by atoms with E-state index in [1.807, 2.05) is 19.1 Å². The summed E-state index contributed by atoms with van der Waals surface area (Å²) in [5.41, 5.74) is 5.33. The number of nitrogens with zero attached hydrogens (tertiary/aromatic N) is 3. The van der Waals surface area contributed by atoms with Crippen LogP contribution < -0.4 is 15.1 Å². The van der Waals surface area contributed by atoms with Crippen LogP contribution in [-0.2, 0) is 9.47 Å². The number of hydrogen-bond donors (Lipinski definition) is 1. The predicted octanol–water partition coefficient (Wildman–Crippen LogP) is 5.59. The largest absolute Gasteiger partial charge is 0.446 e. The molecule has 3 fully saturated rings. The van der Waals surface area contributed by atoms with Crippen molar-refractivity contribution in [1.82, 2.24) is 0 Å². The lowest BCUT2D eigenvalue weighted by Crippen LogP contribution is -2.41. The Balaban J connectivity index is 1.25. The summed E-state index contributed by atoms with van der Waals surface area (Å²) < 4.78 is 11.0. The molecule has 2 unspecified atom stereocenters. The maximum Gasteiger partial charge on any atom is 0.411 e. The van der Waals surface area contributed by atoms with Crippen molar-refractivity contribution in [2.45, 2.75) is 63.1 Å². The number of hydrogen-bond acceptors (Lipinski definition) is 6. The van der Waals surface area contributed by atoms with Gasteiger partial charge < -0.3 is 19.3 Å². The number of nitriles is 1. The normalized spacial score (nSPS) is 24.4. The fourth-order valence-corrected chi connectivity index (χ4v) is 5.84. The molecule has 2 heterocycles. The summed E-state index contributed by atoms with van der Waals surface area (Å²) in [7, 11) is 0. The van der Waals surface area contributed by atoms with Crippen LogP contribution in [0.5, 0.6) is 0 Å². The maximum absolute atomic E-state index is 12.3. The zero-order valence-corrected chi connectivity index (χ0v) is 20.9. The van der Waals surface area contributed by atoms with E-state index in [1.165, 1.54) is 17.8 Å². The Labute approximate surface area is 213 Å². The Bertz CT molecular complexity index is 1150. The highest BCUT2D eigenvalue weighted by Gasteiger charge is 2.44. The topological polar surface area (TPSA) is 77.8 Å². The number of nitrogens with one attached hydrogen (secondary N) is 1. The molecule has 2 aromatic carbocycles. The van der Waals surface area contributed by atoms with Gasteiger partial charge in [0.25, 0.3) is 0 Å². The van der Waals surface area contributed by atoms with Crippen LogP contribution in [0.15, 0.2) is 42.5 Å². The van der Waals surface area contributed by atoms with Gasteiger partial charge in [-0.25, -0.2) is 4.79 Å². The lowest BCUT2D eigenvalue weighted by atomic mass is 9.87. The zero-order chi connectivity index (χ0) is 24.6. The molecule has 4 aliphatic rings. The molecule has 7 nitrogen and oxygen atoms in total. The van der Waals surface area contributed by atoms with Gasteiger partial charge in [-0.2, -0.15) is 5.26 Å². The van der Waals surface area contributed by atoms with E-state index in [2.05, 4.69) is 51.5 Å². The molecule has 3 atom stereocenters. The second-order valence-electron chi connectivity index (χ2n) is 10.6. The molecule has 6 rings (SSSR count). The number of amides is 1. The Morgan fingerprint density at radius 3 is 2.50 bits per heavy atom. The van der Waals surface area contributed by atoms with E-state index in [-0.39, 0.29) is 18.1 Å². The molecule has 1 amide bonds. The van der Waals surface area contributed by atoms with Crippen molar-refractivity contribution in [3.63, 3.8) is 0 Å². The number of fused-ring (bicyclic) bond motifs is 1. The lowest BCUT2D eigenvalue weighted by Gasteiger charge is -2.42. The van der Waals surface area contributed by atoms with Gasteiger partial charge in [0.05, 0.1) is 31.2 Å². The SMILES string of the molecule is C[C@@H](OC(=O)Nc1ccc(C2C(C#N)c3ccc(N4CCOCC4)cc3N2C2CCC2)cc1)C1CC1. The minimum atomic E-state index is -0.406. The Morgan fingerprint density at radius 2 is 1.86 bits per heavy atom. The maximum atomic E-state index is 12.3. The number of benzene rings is 2. The predicted molar refractivity (Wildman–Crippen MR) is 139 cm³/mol. The third-order valence-corrected chi connectivity index (χ3v) is 8.30. The van der Waals surface area contributed by atoms with Gasteiger partial charge in [-0.1, -0.05) is 18.2 Å². The van der Waals surface area contributed by atoms with E-state index in [9.17, 15) is 10.1 Å². The molecular weight excluding hydrogens is 452 g/mol. The standard InChI is InChI=1S/C29H34N4O3/c1-19(20-5-6-20)36-29(34)31-22-9-7-21(8-10-22)28-26(18-30)25-12-11-24(32-13-15-35-16-14-32)17-27(25)33(28)23-3-2-4-23/h7-12,17,19-20,23,26,28H,2-6,13-16H2,1H3,(H,31,34)/t19-,26?,28?/m1/s1. The summed E-state index contributed by atoms with van der Waals surface area (Å²) in [5, 5.41) is 13.1. The third kappa shape index (κ3) is 4.39. The third-order valence-electron chi connectivity index (χ3n) is 8.30. The van der Waals surface area contributed by atoms with Gasteiger partial charge >= 0.3 is 6.09 Å². The van der Waals surface area contributed by atoms with Crippen LogP contribution >= 0.6 is 0 Å². The summed E-state index contributed by atoms with van der Waals surface area (Å²) >= 11 is 0. The minimum Gasteiger partial charge on any atom is -0.446 e. The lowest BCUT2D eigenvalue weighted by molar-refractivity contribution is 0.108. The van der Waals surface area contributed by atoms with E-state index < -0.39 is 6.09 Å². The van der Waals surface area contributed by atoms with E-state index >= 15 is 0 Å². The van der Waals surface area contributed by atoms with Crippen molar-refractivity contribution in [1.29, 1.82) is 5.26 Å². The summed E-state index contributed by atoms with van der Waals surface area (Å²) in [6, 6.07) is 17.6. The van der Waals surface area contributed by atoms with Gasteiger partial charge in [-0.3, -0.25) is 5.32 Å². The molecule has 0 spiro atoms. The summed E-state index contributed by atoms with van der Waals surface area (Å²) in [6.07, 6.45) is 5.36. The molecule has 0 aromatic heterocycles. The second kappa shape index (κ2) is 9.67. The van der Waals surface area contributed by atoms with E-state index in [0.717, 1.165) is 63.1 Å². The first kappa shape index (κ1) is 23.2. The quantitative estimate of drug-likeness (QED) is 0.573. The molecule has 2 aromatic rings. The van der Waals surface area contributed by atoms with Crippen molar-refractivity contribution >= 4 is 23.2 Å². The number of morpholine rings is 1. The molecular formula is C29H34N4O3. The number of carbonyl (C=O) groups excluding carboxylic acids is 1. The monoisotopic (exact) mass is 486 g/mol. The molecule has 36 heavy (non-hydrogen) atoms. The first-order valence-electron chi connectivity index (χ1n) is 13.3. The van der Waals surface area contributed by atoms with Crippen LogP contribution in [0.25, 0.3) is 0 Å². The number of rotatable bonds is 6. The molecule has 2 saturated carbocycles. The van der Waals surface area contributed by atoms with Crippen molar-refractivity contribution in [3.8, 4) is 6.07 Å². The first-order chi connectivity index (χ1) is 17.6. The molecule has 1 N–H and O–H groups in total. The van der Waals surface area contributed by atoms with Crippen molar-refractivity contribution in [2.75, 3.05) is 41.4 Å². The summed E-state index contributed by atoms with van der Waals surface area (Å²) in [6.45, 7) is 5.24. The first-order valence-corrected chi connectivity index (χ1v) is 13.3. The van der Waals surface area contributed by atoms with Crippen LogP contribution in [0, 0.1) is 17.2 Å². The highest BCUT2D eigenvalue weighted by atomic mass is 16.6. The minimum absolute atomic E-state index is 0.0360. The van der Waals surface area contributed by atoms with Crippen molar-refractivity contribution in [2.24, 2.45) is 5.92 Å². The molecule has 0 bridgehead atoms. The van der Waals surface area contributed by atoms with Crippen molar-refractivity contribution < 1.29 is 14.3 Å². The van der Waals surface area contributed by atoms with Crippen LogP contribution in [0.3, 0.4) is 0 Å². The molecule has 188 valence electrons. The molecule has 0 radical (unpaired) electrons. The molecule has 1 saturated heterocycles. The Morgan fingerprint density at radius 1 is 1.11 bits per heavy atom. The highest BCUT2D eigenvalue weighted by molar-refractivity contribution is 5.84. The highest BCUT2D eigenvalue weighted by Crippen LogP contribution is 2.53. The van der Waals surface area contributed by atoms with Crippen LogP contribution in [0.2, 0.25) is 0 Å². The average Bonchev–Trinajstić information content (AvgIpc) is 3.67. The molecule has 7 heteroatoms. The van der Waals surface area contributed by atoms with Gasteiger partial charge in [-0.05, 0) is 80.3 Å². The van der Waals surface area contributed by atoms with Gasteiger partial charge in [-0.15, -0.1) is 0 Å². The van der Waals surface area contributed by atoms with Crippen LogP contribution in [0.4, 0.5) is 21.9 Å². The van der Waals surface area contributed by atoms with Gasteiger partial charge in [0, 0.05) is 36.2 Å². The number of anilines is 3. The van der Waals surface area contributed by atoms with Gasteiger partial charge in [0.2, 0.25) is 0 Å². The number of carbonyl (C=O) groups is 1. The molecule has 2 aliphatic heterocycles. The zero-order valence-electron chi connectivity index (χ0n) is 20.9. The number of ether oxygens (including phenoxy) is 2. The van der Waals surface area contributed by atoms with Gasteiger partial charge in [0.15, 0.2) is 0 Å².